The van der Waals surface area contributed by atoms with Crippen LogP contribution in [0.25, 0.3) is 10.2 Å². The van der Waals surface area contributed by atoms with E-state index in [4.69, 9.17) is 9.97 Å². The van der Waals surface area contributed by atoms with Crippen LogP contribution >= 0.6 is 11.3 Å². The van der Waals surface area contributed by atoms with Gasteiger partial charge in [0.2, 0.25) is 11.9 Å². The largest absolute Gasteiger partial charge is 0.351 e. The quantitative estimate of drug-likeness (QED) is 0.548. The van der Waals surface area contributed by atoms with E-state index in [1.807, 2.05) is 20.2 Å². The molecule has 4 N–H and O–H groups in total. The lowest BCUT2D eigenvalue weighted by molar-refractivity contribution is -0.130. The third-order valence-electron chi connectivity index (χ3n) is 6.63. The molecule has 5 rings (SSSR count). The molecule has 3 aliphatic rings. The zero-order valence-corrected chi connectivity index (χ0v) is 19.7. The van der Waals surface area contributed by atoms with E-state index in [-0.39, 0.29) is 5.91 Å². The molecule has 2 bridgehead atoms. The molecule has 2 fully saturated rings. The highest BCUT2D eigenvalue weighted by Gasteiger charge is 2.36. The van der Waals surface area contributed by atoms with Crippen molar-refractivity contribution in [2.45, 2.75) is 69.6 Å². The Bertz CT molecular complexity index is 1010. The molecule has 3 aliphatic heterocycles. The van der Waals surface area contributed by atoms with E-state index in [2.05, 4.69) is 38.8 Å². The second-order valence-corrected chi connectivity index (χ2v) is 10.6. The maximum atomic E-state index is 12.2. The van der Waals surface area contributed by atoms with Crippen LogP contribution in [-0.4, -0.2) is 64.9 Å². The lowest BCUT2D eigenvalue weighted by Crippen LogP contribution is -2.54. The summed E-state index contributed by atoms with van der Waals surface area (Å²) in [5.41, 5.74) is 4.05. The van der Waals surface area contributed by atoms with Crippen LogP contribution in [0.5, 0.6) is 0 Å². The van der Waals surface area contributed by atoms with Crippen LogP contribution in [0.2, 0.25) is 0 Å². The molecule has 5 heterocycles. The summed E-state index contributed by atoms with van der Waals surface area (Å²) < 4.78 is 1.05. The van der Waals surface area contributed by atoms with Crippen molar-refractivity contribution in [3.8, 4) is 0 Å². The van der Waals surface area contributed by atoms with E-state index in [1.165, 1.54) is 0 Å². The van der Waals surface area contributed by atoms with Gasteiger partial charge in [-0.15, -0.1) is 11.3 Å². The third kappa shape index (κ3) is 4.66. The first-order valence-electron chi connectivity index (χ1n) is 11.5. The lowest BCUT2D eigenvalue weighted by Gasteiger charge is -2.44. The molecule has 2 unspecified atom stereocenters. The summed E-state index contributed by atoms with van der Waals surface area (Å²) in [7, 11) is 3.68. The average Bonchev–Trinajstić information content (AvgIpc) is 3.36. The predicted molar refractivity (Wildman–Crippen MR) is 129 cm³/mol. The first kappa shape index (κ1) is 21.4. The number of hydrogen-bond acceptors (Lipinski definition) is 9. The number of fused-ring (bicyclic) bond motifs is 3. The first-order chi connectivity index (χ1) is 15.4. The topological polar surface area (TPSA) is 107 Å². The van der Waals surface area contributed by atoms with Crippen molar-refractivity contribution in [1.29, 1.82) is 0 Å². The van der Waals surface area contributed by atoms with Crippen molar-refractivity contribution < 1.29 is 4.79 Å². The van der Waals surface area contributed by atoms with Gasteiger partial charge in [-0.05, 0) is 50.0 Å². The average molecular weight is 457 g/mol. The van der Waals surface area contributed by atoms with E-state index in [9.17, 15) is 4.79 Å². The Morgan fingerprint density at radius 3 is 2.69 bits per heavy atom. The standard InChI is InChI=1S/C22H32N8OS/c1-12-6-18(29-28-12)26-21-20-17(4-5-32-20)25-22(27-21)24-16-10-14-7-13(8-15(11-16)23-14)9-19(31)30(2)3/h4-5,12-16,23,28H,6-11H2,1-3H3,(H2,24,25,26,27,29)/t12?,13?,14-,15+,16-. The number of hydrazone groups is 1. The normalized spacial score (nSPS) is 29.3. The van der Waals surface area contributed by atoms with Gasteiger partial charge in [0.15, 0.2) is 5.82 Å². The van der Waals surface area contributed by atoms with E-state index < -0.39 is 0 Å². The highest BCUT2D eigenvalue weighted by molar-refractivity contribution is 7.17. The number of nitrogens with one attached hydrogen (secondary N) is 4. The number of carbonyl (C=O) groups is 1. The fraction of sp³-hybridized carbons (Fsp3) is 0.636. The molecule has 0 aromatic carbocycles. The Morgan fingerprint density at radius 2 is 2.00 bits per heavy atom. The summed E-state index contributed by atoms with van der Waals surface area (Å²) in [6, 6.07) is 3.57. The number of amidine groups is 1. The summed E-state index contributed by atoms with van der Waals surface area (Å²) in [5, 5.41) is 17.2. The van der Waals surface area contributed by atoms with E-state index in [0.717, 1.165) is 54.0 Å². The molecule has 5 atom stereocenters. The number of nitrogens with zero attached hydrogens (tertiary/aromatic N) is 4. The van der Waals surface area contributed by atoms with Crippen molar-refractivity contribution >= 4 is 45.1 Å². The van der Waals surface area contributed by atoms with Gasteiger partial charge in [-0.3, -0.25) is 4.79 Å². The third-order valence-corrected chi connectivity index (χ3v) is 7.54. The molecule has 0 radical (unpaired) electrons. The molecule has 2 aromatic heterocycles. The molecule has 0 spiro atoms. The lowest BCUT2D eigenvalue weighted by atomic mass is 9.77. The van der Waals surface area contributed by atoms with Crippen LogP contribution in [0.15, 0.2) is 16.5 Å². The summed E-state index contributed by atoms with van der Waals surface area (Å²) in [6.45, 7) is 2.11. The number of thiophene rings is 1. The van der Waals surface area contributed by atoms with Gasteiger partial charge in [0.05, 0.1) is 10.2 Å². The summed E-state index contributed by atoms with van der Waals surface area (Å²) in [4.78, 5) is 23.5. The molecule has 10 heteroatoms. The van der Waals surface area contributed by atoms with Crippen LogP contribution in [0.3, 0.4) is 0 Å². The molecule has 1 amide bonds. The molecule has 0 saturated carbocycles. The number of rotatable bonds is 5. The van der Waals surface area contributed by atoms with Gasteiger partial charge in [0, 0.05) is 51.1 Å². The van der Waals surface area contributed by atoms with Crippen molar-refractivity contribution in [3.63, 3.8) is 0 Å². The van der Waals surface area contributed by atoms with Crippen LogP contribution in [0, 0.1) is 5.92 Å². The molecule has 0 aliphatic carbocycles. The maximum Gasteiger partial charge on any atom is 0.225 e. The van der Waals surface area contributed by atoms with Crippen LogP contribution in [0.1, 0.15) is 45.4 Å². The minimum Gasteiger partial charge on any atom is -0.351 e. The van der Waals surface area contributed by atoms with E-state index in [1.54, 1.807) is 16.2 Å². The van der Waals surface area contributed by atoms with Gasteiger partial charge in [-0.2, -0.15) is 10.1 Å². The monoisotopic (exact) mass is 456 g/mol. The number of anilines is 2. The second kappa shape index (κ2) is 8.82. The highest BCUT2D eigenvalue weighted by Crippen LogP contribution is 2.34. The molecule has 9 nitrogen and oxygen atoms in total. The molecular formula is C22H32N8OS. The van der Waals surface area contributed by atoms with Crippen molar-refractivity contribution in [3.05, 3.63) is 11.4 Å². The SMILES string of the molecule is CC1CC(Nc2nc(N[C@@H]3C[C@H]4CC(CC(=O)N(C)C)C[C@@H](C3)N4)nc3ccsc23)=NN1. The number of carbonyl (C=O) groups excluding carboxylic acids is 1. The Hall–Kier alpha value is -2.46. The molecule has 32 heavy (non-hydrogen) atoms. The molecule has 2 aromatic rings. The minimum atomic E-state index is 0.235. The first-order valence-corrected chi connectivity index (χ1v) is 12.4. The highest BCUT2D eigenvalue weighted by atomic mass is 32.1. The van der Waals surface area contributed by atoms with Crippen LogP contribution < -0.4 is 21.4 Å². The molecule has 172 valence electrons. The maximum absolute atomic E-state index is 12.2. The smallest absolute Gasteiger partial charge is 0.225 e. The predicted octanol–water partition coefficient (Wildman–Crippen LogP) is 2.59. The fourth-order valence-electron chi connectivity index (χ4n) is 5.18. The summed E-state index contributed by atoms with van der Waals surface area (Å²) in [5.74, 6) is 3.10. The van der Waals surface area contributed by atoms with E-state index in [0.29, 0.717) is 42.5 Å². The number of amides is 1. The Labute approximate surface area is 192 Å². The van der Waals surface area contributed by atoms with Crippen LogP contribution in [0.4, 0.5) is 11.8 Å². The second-order valence-electron chi connectivity index (χ2n) is 9.65. The zero-order chi connectivity index (χ0) is 22.2. The Kier molecular flexibility index (Phi) is 5.90. The van der Waals surface area contributed by atoms with Gasteiger partial charge < -0.3 is 26.3 Å². The molecule has 2 saturated heterocycles. The fourth-order valence-corrected chi connectivity index (χ4v) is 5.95. The van der Waals surface area contributed by atoms with Gasteiger partial charge in [0.25, 0.3) is 0 Å². The number of aromatic nitrogens is 2. The molecular weight excluding hydrogens is 424 g/mol. The van der Waals surface area contributed by atoms with Crippen molar-refractivity contribution in [2.24, 2.45) is 11.0 Å². The van der Waals surface area contributed by atoms with Crippen molar-refractivity contribution in [2.75, 3.05) is 24.7 Å². The van der Waals surface area contributed by atoms with Gasteiger partial charge in [0.1, 0.15) is 5.84 Å². The van der Waals surface area contributed by atoms with Gasteiger partial charge >= 0.3 is 0 Å². The Morgan fingerprint density at radius 1 is 1.22 bits per heavy atom. The van der Waals surface area contributed by atoms with Gasteiger partial charge in [-0.1, -0.05) is 0 Å². The Balaban J connectivity index is 1.26. The minimum absolute atomic E-state index is 0.235. The zero-order valence-electron chi connectivity index (χ0n) is 18.9. The van der Waals surface area contributed by atoms with Crippen molar-refractivity contribution in [1.82, 2.24) is 25.6 Å². The number of piperidine rings is 2. The summed E-state index contributed by atoms with van der Waals surface area (Å²) >= 11 is 1.64. The van der Waals surface area contributed by atoms with Gasteiger partial charge in [-0.25, -0.2) is 4.98 Å². The van der Waals surface area contributed by atoms with Crippen LogP contribution in [-0.2, 0) is 4.79 Å². The summed E-state index contributed by atoms with van der Waals surface area (Å²) in [6.07, 6.45) is 5.65. The number of hydrogen-bond donors (Lipinski definition) is 4. The van der Waals surface area contributed by atoms with E-state index >= 15 is 0 Å².